The second-order valence-corrected chi connectivity index (χ2v) is 5.04. The zero-order chi connectivity index (χ0) is 16.2. The molecule has 2 amide bonds. The van der Waals surface area contributed by atoms with Crippen molar-refractivity contribution in [3.63, 3.8) is 0 Å². The van der Waals surface area contributed by atoms with Gasteiger partial charge in [-0.2, -0.15) is 0 Å². The van der Waals surface area contributed by atoms with Crippen LogP contribution in [0.25, 0.3) is 0 Å². The third-order valence-electron chi connectivity index (χ3n) is 3.46. The van der Waals surface area contributed by atoms with Crippen LogP contribution in [0.4, 0.5) is 11.4 Å². The van der Waals surface area contributed by atoms with Gasteiger partial charge in [0.05, 0.1) is 24.9 Å². The summed E-state index contributed by atoms with van der Waals surface area (Å²) in [6.07, 6.45) is -0.947. The first-order valence-corrected chi connectivity index (χ1v) is 7.17. The van der Waals surface area contributed by atoms with E-state index in [4.69, 9.17) is 9.47 Å². The number of amides is 2. The average Bonchev–Trinajstić information content (AvgIpc) is 2.56. The quantitative estimate of drug-likeness (QED) is 0.909. The molecular formula is C17H16N2O4. The monoisotopic (exact) mass is 312 g/mol. The summed E-state index contributed by atoms with van der Waals surface area (Å²) in [4.78, 5) is 24.2. The number of hydrogen-bond donors (Lipinski definition) is 2. The molecule has 2 aromatic rings. The van der Waals surface area contributed by atoms with E-state index in [0.717, 1.165) is 0 Å². The Morgan fingerprint density at radius 2 is 1.96 bits per heavy atom. The van der Waals surface area contributed by atoms with E-state index in [-0.39, 0.29) is 18.2 Å². The Kier molecular flexibility index (Phi) is 4.14. The van der Waals surface area contributed by atoms with E-state index in [2.05, 4.69) is 10.6 Å². The molecule has 0 unspecified atom stereocenters. The Morgan fingerprint density at radius 1 is 1.22 bits per heavy atom. The van der Waals surface area contributed by atoms with Crippen LogP contribution in [0.2, 0.25) is 0 Å². The second-order valence-electron chi connectivity index (χ2n) is 5.04. The van der Waals surface area contributed by atoms with E-state index in [1.807, 2.05) is 12.1 Å². The van der Waals surface area contributed by atoms with Crippen molar-refractivity contribution < 1.29 is 19.1 Å². The Balaban J connectivity index is 1.68. The summed E-state index contributed by atoms with van der Waals surface area (Å²) in [5.41, 5.74) is 1.16. The fraction of sp³-hybridized carbons (Fsp3) is 0.176. The maximum atomic E-state index is 12.2. The molecule has 118 valence electrons. The molecular weight excluding hydrogens is 296 g/mol. The van der Waals surface area contributed by atoms with Gasteiger partial charge in [-0.25, -0.2) is 0 Å². The lowest BCUT2D eigenvalue weighted by molar-refractivity contribution is -0.128. The topological polar surface area (TPSA) is 76.7 Å². The minimum Gasteiger partial charge on any atom is -0.495 e. The van der Waals surface area contributed by atoms with Crippen molar-refractivity contribution in [2.45, 2.75) is 12.5 Å². The van der Waals surface area contributed by atoms with E-state index in [9.17, 15) is 9.59 Å². The fourth-order valence-electron chi connectivity index (χ4n) is 2.34. The largest absolute Gasteiger partial charge is 0.495 e. The van der Waals surface area contributed by atoms with Crippen molar-refractivity contribution in [1.29, 1.82) is 0 Å². The van der Waals surface area contributed by atoms with Gasteiger partial charge in [-0.15, -0.1) is 0 Å². The van der Waals surface area contributed by atoms with Gasteiger partial charge >= 0.3 is 0 Å². The van der Waals surface area contributed by atoms with Crippen molar-refractivity contribution in [1.82, 2.24) is 0 Å². The minimum atomic E-state index is -0.861. The molecule has 0 saturated carbocycles. The maximum Gasteiger partial charge on any atom is 0.266 e. The highest BCUT2D eigenvalue weighted by Gasteiger charge is 2.29. The number of rotatable bonds is 4. The number of ether oxygens (including phenoxy) is 2. The Morgan fingerprint density at radius 3 is 2.78 bits per heavy atom. The lowest BCUT2D eigenvalue weighted by atomic mass is 10.1. The Hall–Kier alpha value is -3.02. The molecule has 6 nitrogen and oxygen atoms in total. The average molecular weight is 312 g/mol. The summed E-state index contributed by atoms with van der Waals surface area (Å²) in [7, 11) is 1.53. The molecule has 3 rings (SSSR count). The van der Waals surface area contributed by atoms with Gasteiger partial charge in [0.2, 0.25) is 5.91 Å². The minimum absolute atomic E-state index is 0.0851. The fourth-order valence-corrected chi connectivity index (χ4v) is 2.34. The SMILES string of the molecule is COc1ccccc1NC(=O)C[C@H]1Oc2ccccc2NC1=O. The van der Waals surface area contributed by atoms with Crippen molar-refractivity contribution in [3.05, 3.63) is 48.5 Å². The number of benzene rings is 2. The van der Waals surface area contributed by atoms with Crippen molar-refractivity contribution in [3.8, 4) is 11.5 Å². The molecule has 1 atom stereocenters. The summed E-state index contributed by atoms with van der Waals surface area (Å²) in [5.74, 6) is 0.454. The summed E-state index contributed by atoms with van der Waals surface area (Å²) in [6, 6.07) is 14.2. The van der Waals surface area contributed by atoms with E-state index < -0.39 is 6.10 Å². The van der Waals surface area contributed by atoms with E-state index in [1.54, 1.807) is 36.4 Å². The Labute approximate surface area is 133 Å². The first-order chi connectivity index (χ1) is 11.2. The zero-order valence-electron chi connectivity index (χ0n) is 12.5. The number of carbonyl (C=O) groups is 2. The summed E-state index contributed by atoms with van der Waals surface area (Å²) < 4.78 is 10.8. The molecule has 2 N–H and O–H groups in total. The van der Waals surface area contributed by atoms with Crippen molar-refractivity contribution in [2.75, 3.05) is 17.7 Å². The molecule has 1 aliphatic heterocycles. The van der Waals surface area contributed by atoms with Crippen LogP contribution in [0.15, 0.2) is 48.5 Å². The van der Waals surface area contributed by atoms with E-state index in [1.165, 1.54) is 7.11 Å². The number of nitrogens with one attached hydrogen (secondary N) is 2. The molecule has 1 heterocycles. The van der Waals surface area contributed by atoms with Gasteiger partial charge in [-0.1, -0.05) is 24.3 Å². The molecule has 0 radical (unpaired) electrons. The first kappa shape index (κ1) is 14.9. The predicted octanol–water partition coefficient (Wildman–Crippen LogP) is 2.42. The third-order valence-corrected chi connectivity index (χ3v) is 3.46. The summed E-state index contributed by atoms with van der Waals surface area (Å²) in [6.45, 7) is 0. The highest BCUT2D eigenvalue weighted by molar-refractivity contribution is 6.02. The normalized spacial score (nSPS) is 15.9. The van der Waals surface area contributed by atoms with Gasteiger partial charge in [-0.3, -0.25) is 9.59 Å². The first-order valence-electron chi connectivity index (χ1n) is 7.17. The highest BCUT2D eigenvalue weighted by Crippen LogP contribution is 2.30. The zero-order valence-corrected chi connectivity index (χ0v) is 12.5. The number of anilines is 2. The number of fused-ring (bicyclic) bond motifs is 1. The number of para-hydroxylation sites is 4. The summed E-state index contributed by atoms with van der Waals surface area (Å²) >= 11 is 0. The standard InChI is InChI=1S/C17H16N2O4/c1-22-13-8-4-2-6-11(13)18-16(20)10-15-17(21)19-12-7-3-5-9-14(12)23-15/h2-9,15H,10H2,1H3,(H,18,20)(H,19,21)/t15-/m1/s1. The molecule has 0 fully saturated rings. The molecule has 1 aliphatic rings. The van der Waals surface area contributed by atoms with Crippen LogP contribution < -0.4 is 20.1 Å². The predicted molar refractivity (Wildman–Crippen MR) is 85.7 cm³/mol. The van der Waals surface area contributed by atoms with Crippen LogP contribution in [0.3, 0.4) is 0 Å². The van der Waals surface area contributed by atoms with Crippen LogP contribution in [0.5, 0.6) is 11.5 Å². The lowest BCUT2D eigenvalue weighted by Gasteiger charge is -2.25. The van der Waals surface area contributed by atoms with Crippen LogP contribution in [0, 0.1) is 0 Å². The molecule has 2 aromatic carbocycles. The number of carbonyl (C=O) groups excluding carboxylic acids is 2. The van der Waals surface area contributed by atoms with Gasteiger partial charge in [0, 0.05) is 0 Å². The highest BCUT2D eigenvalue weighted by atomic mass is 16.5. The third kappa shape index (κ3) is 3.26. The molecule has 0 saturated heterocycles. The molecule has 6 heteroatoms. The molecule has 23 heavy (non-hydrogen) atoms. The van der Waals surface area contributed by atoms with Gasteiger partial charge in [-0.05, 0) is 24.3 Å². The smallest absolute Gasteiger partial charge is 0.266 e. The molecule has 0 aromatic heterocycles. The second kappa shape index (κ2) is 6.39. The summed E-state index contributed by atoms with van der Waals surface area (Å²) in [5, 5.41) is 5.46. The number of hydrogen-bond acceptors (Lipinski definition) is 4. The Bertz CT molecular complexity index is 745. The molecule has 0 spiro atoms. The van der Waals surface area contributed by atoms with E-state index >= 15 is 0 Å². The molecule has 0 bridgehead atoms. The van der Waals surface area contributed by atoms with E-state index in [0.29, 0.717) is 22.9 Å². The van der Waals surface area contributed by atoms with Crippen molar-refractivity contribution >= 4 is 23.2 Å². The van der Waals surface area contributed by atoms with Gasteiger partial charge in [0.15, 0.2) is 6.10 Å². The van der Waals surface area contributed by atoms with Crippen LogP contribution in [0.1, 0.15) is 6.42 Å². The van der Waals surface area contributed by atoms with Gasteiger partial charge < -0.3 is 20.1 Å². The van der Waals surface area contributed by atoms with Crippen molar-refractivity contribution in [2.24, 2.45) is 0 Å². The van der Waals surface area contributed by atoms with Gasteiger partial charge in [0.1, 0.15) is 11.5 Å². The molecule has 0 aliphatic carbocycles. The van der Waals surface area contributed by atoms with Crippen LogP contribution in [-0.4, -0.2) is 25.0 Å². The van der Waals surface area contributed by atoms with Crippen LogP contribution >= 0.6 is 0 Å². The van der Waals surface area contributed by atoms with Crippen LogP contribution in [-0.2, 0) is 9.59 Å². The number of methoxy groups -OCH3 is 1. The maximum absolute atomic E-state index is 12.2. The lowest BCUT2D eigenvalue weighted by Crippen LogP contribution is -2.39. The van der Waals surface area contributed by atoms with Gasteiger partial charge in [0.25, 0.3) is 5.91 Å².